The molecule has 2 fully saturated rings. The topological polar surface area (TPSA) is 52.8 Å². The van der Waals surface area contributed by atoms with Gasteiger partial charge in [-0.05, 0) is 50.7 Å². The van der Waals surface area contributed by atoms with Crippen LogP contribution < -0.4 is 4.90 Å². The van der Waals surface area contributed by atoms with Crippen molar-refractivity contribution in [3.63, 3.8) is 0 Å². The van der Waals surface area contributed by atoms with E-state index in [1.54, 1.807) is 6.07 Å². The second-order valence-electron chi connectivity index (χ2n) is 8.67. The van der Waals surface area contributed by atoms with Crippen molar-refractivity contribution in [3.8, 4) is 0 Å². The molecule has 0 saturated carbocycles. The molecule has 2 aromatic rings. The minimum atomic E-state index is -0.157. The lowest BCUT2D eigenvalue weighted by molar-refractivity contribution is 0.0525. The number of aromatic nitrogens is 1. The number of benzene rings is 1. The molecule has 0 N–H and O–H groups in total. The van der Waals surface area contributed by atoms with Gasteiger partial charge in [-0.1, -0.05) is 17.3 Å². The summed E-state index contributed by atoms with van der Waals surface area (Å²) in [7, 11) is 0. The molecular weight excluding hydrogens is 383 g/mol. The number of rotatable bonds is 3. The van der Waals surface area contributed by atoms with Crippen LogP contribution in [0.1, 0.15) is 47.5 Å². The Hall–Kier alpha value is -2.41. The van der Waals surface area contributed by atoms with Gasteiger partial charge in [-0.2, -0.15) is 0 Å². The first-order valence-corrected chi connectivity index (χ1v) is 11.2. The van der Waals surface area contributed by atoms with Gasteiger partial charge in [0, 0.05) is 50.9 Å². The van der Waals surface area contributed by atoms with Crippen LogP contribution in [0.25, 0.3) is 0 Å². The van der Waals surface area contributed by atoms with Gasteiger partial charge in [-0.3, -0.25) is 9.69 Å². The number of amides is 1. The number of fused-ring (bicyclic) bond motifs is 1. The molecule has 6 nitrogen and oxygen atoms in total. The molecule has 30 heavy (non-hydrogen) atoms. The number of piperidine rings is 1. The van der Waals surface area contributed by atoms with E-state index >= 15 is 0 Å². The number of hydrogen-bond acceptors (Lipinski definition) is 5. The van der Waals surface area contributed by atoms with Crippen LogP contribution in [0, 0.1) is 5.82 Å². The number of carbonyl (C=O) groups is 1. The van der Waals surface area contributed by atoms with Crippen LogP contribution >= 0.6 is 0 Å². The Bertz CT molecular complexity index is 906. The van der Waals surface area contributed by atoms with Crippen molar-refractivity contribution < 1.29 is 13.7 Å². The van der Waals surface area contributed by atoms with Crippen LogP contribution in [-0.2, 0) is 12.8 Å². The van der Waals surface area contributed by atoms with Gasteiger partial charge >= 0.3 is 0 Å². The second kappa shape index (κ2) is 8.38. The smallest absolute Gasteiger partial charge is 0.292 e. The quantitative estimate of drug-likeness (QED) is 0.775. The standard InChI is InChI=1S/C23H29FN4O2/c24-19-8-2-4-10-21(19)27-14-12-26(13-15-27)17-6-5-11-28(16-17)23(29)22-18-7-1-3-9-20(18)25-30-22/h2,4,8,10,17H,1,3,5-7,9,11-16H2. The van der Waals surface area contributed by atoms with Gasteiger partial charge in [0.05, 0.1) is 11.4 Å². The van der Waals surface area contributed by atoms with Crippen LogP contribution in [-0.4, -0.2) is 66.2 Å². The highest BCUT2D eigenvalue weighted by Gasteiger charge is 2.34. The summed E-state index contributed by atoms with van der Waals surface area (Å²) in [6.45, 7) is 4.90. The first kappa shape index (κ1) is 19.5. The van der Waals surface area contributed by atoms with Crippen LogP contribution in [0.4, 0.5) is 10.1 Å². The van der Waals surface area contributed by atoms with Crippen molar-refractivity contribution in [2.75, 3.05) is 44.2 Å². The highest BCUT2D eigenvalue weighted by Crippen LogP contribution is 2.27. The van der Waals surface area contributed by atoms with Gasteiger partial charge in [-0.15, -0.1) is 0 Å². The predicted octanol–water partition coefficient (Wildman–Crippen LogP) is 3.12. The number of nitrogens with zero attached hydrogens (tertiary/aromatic N) is 4. The summed E-state index contributed by atoms with van der Waals surface area (Å²) in [6, 6.07) is 7.34. The lowest BCUT2D eigenvalue weighted by Crippen LogP contribution is -2.56. The van der Waals surface area contributed by atoms with E-state index in [1.807, 2.05) is 17.0 Å². The molecule has 160 valence electrons. The number of piperazine rings is 1. The SMILES string of the molecule is O=C(c1onc2c1CCCC2)N1CCCC(N2CCN(c3ccccc3F)CC2)C1. The Morgan fingerprint density at radius 2 is 1.83 bits per heavy atom. The van der Waals surface area contributed by atoms with Crippen molar-refractivity contribution >= 4 is 11.6 Å². The zero-order valence-corrected chi connectivity index (χ0v) is 17.4. The van der Waals surface area contributed by atoms with Gasteiger partial charge in [0.15, 0.2) is 0 Å². The summed E-state index contributed by atoms with van der Waals surface area (Å²) in [4.78, 5) is 19.7. The van der Waals surface area contributed by atoms with E-state index in [1.165, 1.54) is 6.07 Å². The molecular formula is C23H29FN4O2. The lowest BCUT2D eigenvalue weighted by Gasteiger charge is -2.43. The fourth-order valence-electron chi connectivity index (χ4n) is 5.18. The molecule has 0 spiro atoms. The third-order valence-electron chi connectivity index (χ3n) is 6.86. The third-order valence-corrected chi connectivity index (χ3v) is 6.86. The zero-order chi connectivity index (χ0) is 20.5. The fourth-order valence-corrected chi connectivity index (χ4v) is 5.18. The van der Waals surface area contributed by atoms with Crippen molar-refractivity contribution in [2.24, 2.45) is 0 Å². The number of likely N-dealkylation sites (tertiary alicyclic amines) is 1. The van der Waals surface area contributed by atoms with E-state index in [-0.39, 0.29) is 11.7 Å². The maximum absolute atomic E-state index is 14.1. The van der Waals surface area contributed by atoms with E-state index in [4.69, 9.17) is 4.52 Å². The Morgan fingerprint density at radius 1 is 1.03 bits per heavy atom. The minimum Gasteiger partial charge on any atom is -0.367 e. The van der Waals surface area contributed by atoms with Crippen molar-refractivity contribution in [3.05, 3.63) is 47.1 Å². The van der Waals surface area contributed by atoms with Gasteiger partial charge in [0.1, 0.15) is 5.82 Å². The Kier molecular flexibility index (Phi) is 5.46. The molecule has 5 rings (SSSR count). The predicted molar refractivity (Wildman–Crippen MR) is 112 cm³/mol. The fraction of sp³-hybridized carbons (Fsp3) is 0.565. The summed E-state index contributed by atoms with van der Waals surface area (Å²) in [5.41, 5.74) is 2.70. The molecule has 1 atom stereocenters. The number of carbonyl (C=O) groups excluding carboxylic acids is 1. The zero-order valence-electron chi connectivity index (χ0n) is 17.4. The summed E-state index contributed by atoms with van der Waals surface area (Å²) >= 11 is 0. The summed E-state index contributed by atoms with van der Waals surface area (Å²) in [6.07, 6.45) is 6.13. The Labute approximate surface area is 176 Å². The average molecular weight is 413 g/mol. The molecule has 0 bridgehead atoms. The lowest BCUT2D eigenvalue weighted by atomic mass is 9.95. The average Bonchev–Trinajstić information content (AvgIpc) is 3.23. The summed E-state index contributed by atoms with van der Waals surface area (Å²) in [5, 5.41) is 4.16. The molecule has 1 amide bonds. The molecule has 1 aromatic carbocycles. The first-order chi connectivity index (χ1) is 14.7. The monoisotopic (exact) mass is 412 g/mol. The number of para-hydroxylation sites is 1. The van der Waals surface area contributed by atoms with Crippen LogP contribution in [0.5, 0.6) is 0 Å². The van der Waals surface area contributed by atoms with Crippen LogP contribution in [0.15, 0.2) is 28.8 Å². The molecule has 1 aromatic heterocycles. The largest absolute Gasteiger partial charge is 0.367 e. The second-order valence-corrected chi connectivity index (χ2v) is 8.67. The summed E-state index contributed by atoms with van der Waals surface area (Å²) < 4.78 is 19.6. The first-order valence-electron chi connectivity index (χ1n) is 11.2. The summed E-state index contributed by atoms with van der Waals surface area (Å²) in [5.74, 6) is 0.311. The number of anilines is 1. The molecule has 2 saturated heterocycles. The van der Waals surface area contributed by atoms with E-state index < -0.39 is 0 Å². The highest BCUT2D eigenvalue weighted by atomic mass is 19.1. The number of hydrogen-bond donors (Lipinski definition) is 0. The maximum Gasteiger partial charge on any atom is 0.292 e. The molecule has 1 aliphatic carbocycles. The van der Waals surface area contributed by atoms with Gasteiger partial charge < -0.3 is 14.3 Å². The molecule has 1 unspecified atom stereocenters. The number of aryl methyl sites for hydroxylation is 1. The Balaban J connectivity index is 1.22. The molecule has 3 heterocycles. The van der Waals surface area contributed by atoms with Crippen LogP contribution in [0.2, 0.25) is 0 Å². The van der Waals surface area contributed by atoms with E-state index in [0.29, 0.717) is 17.5 Å². The maximum atomic E-state index is 14.1. The van der Waals surface area contributed by atoms with E-state index in [0.717, 1.165) is 89.1 Å². The molecule has 3 aliphatic rings. The van der Waals surface area contributed by atoms with E-state index in [9.17, 15) is 9.18 Å². The third kappa shape index (κ3) is 3.71. The molecule has 0 radical (unpaired) electrons. The number of halogens is 1. The van der Waals surface area contributed by atoms with Gasteiger partial charge in [-0.25, -0.2) is 4.39 Å². The minimum absolute atomic E-state index is 0.000317. The Morgan fingerprint density at radius 3 is 2.67 bits per heavy atom. The van der Waals surface area contributed by atoms with Crippen LogP contribution in [0.3, 0.4) is 0 Å². The van der Waals surface area contributed by atoms with Gasteiger partial charge in [0.2, 0.25) is 5.76 Å². The van der Waals surface area contributed by atoms with Crippen molar-refractivity contribution in [1.29, 1.82) is 0 Å². The molecule has 2 aliphatic heterocycles. The highest BCUT2D eigenvalue weighted by molar-refractivity contribution is 5.93. The van der Waals surface area contributed by atoms with Crippen molar-refractivity contribution in [2.45, 2.75) is 44.6 Å². The van der Waals surface area contributed by atoms with Gasteiger partial charge in [0.25, 0.3) is 5.91 Å². The van der Waals surface area contributed by atoms with Crippen molar-refractivity contribution in [1.82, 2.24) is 15.0 Å². The molecule has 7 heteroatoms. The van der Waals surface area contributed by atoms with E-state index in [2.05, 4.69) is 15.0 Å². The normalized spacial score (nSPS) is 22.8.